The Morgan fingerprint density at radius 2 is 1.79 bits per heavy atom. The molecule has 0 radical (unpaired) electrons. The first-order chi connectivity index (χ1) is 6.32. The first-order valence-corrected chi connectivity index (χ1v) is 6.51. The van der Waals surface area contributed by atoms with Crippen molar-refractivity contribution >= 4 is 10.0 Å². The molecule has 0 heterocycles. The average molecular weight is 222 g/mol. The van der Waals surface area contributed by atoms with Crippen LogP contribution in [-0.2, 0) is 10.0 Å². The van der Waals surface area contributed by atoms with Gasteiger partial charge in [-0.25, -0.2) is 12.7 Å². The largest absolute Gasteiger partial charge is 0.313 e. The predicted octanol–water partition coefficient (Wildman–Crippen LogP) is 0.654. The molecule has 0 amide bonds. The minimum atomic E-state index is -3.11. The smallest absolute Gasteiger partial charge is 0.217 e. The van der Waals surface area contributed by atoms with Gasteiger partial charge in [-0.15, -0.1) is 0 Å². The number of rotatable bonds is 6. The summed E-state index contributed by atoms with van der Waals surface area (Å²) in [5.74, 6) is 0. The van der Waals surface area contributed by atoms with Gasteiger partial charge >= 0.3 is 0 Å². The fourth-order valence-electron chi connectivity index (χ4n) is 0.994. The lowest BCUT2D eigenvalue weighted by atomic mass is 10.3. The molecule has 0 bridgehead atoms. The van der Waals surface area contributed by atoms with Gasteiger partial charge in [0, 0.05) is 26.2 Å². The molecule has 4 nitrogen and oxygen atoms in total. The number of hydrogen-bond donors (Lipinski definition) is 1. The molecule has 0 aromatic rings. The highest BCUT2D eigenvalue weighted by Crippen LogP contribution is 2.05. The Balaban J connectivity index is 4.29. The minimum Gasteiger partial charge on any atom is -0.313 e. The standard InChI is InChI=1S/C9H22N2O2S/c1-6-11(5)14(12,13)9(4)7-10-8(2)3/h8-10H,6-7H2,1-5H3. The van der Waals surface area contributed by atoms with Gasteiger partial charge in [0.2, 0.25) is 10.0 Å². The molecule has 1 N–H and O–H groups in total. The Labute approximate surface area is 87.7 Å². The van der Waals surface area contributed by atoms with Crippen LogP contribution in [0.4, 0.5) is 0 Å². The SMILES string of the molecule is CCN(C)S(=O)(=O)C(C)CNC(C)C. The molecular formula is C9H22N2O2S. The zero-order valence-electron chi connectivity index (χ0n) is 9.74. The minimum absolute atomic E-state index is 0.319. The first kappa shape index (κ1) is 13.9. The molecule has 0 spiro atoms. The van der Waals surface area contributed by atoms with Crippen molar-refractivity contribution in [3.05, 3.63) is 0 Å². The van der Waals surface area contributed by atoms with E-state index in [1.165, 1.54) is 4.31 Å². The first-order valence-electron chi connectivity index (χ1n) is 5.00. The van der Waals surface area contributed by atoms with E-state index in [9.17, 15) is 8.42 Å². The van der Waals surface area contributed by atoms with Crippen LogP contribution in [0.3, 0.4) is 0 Å². The molecule has 0 fully saturated rings. The monoisotopic (exact) mass is 222 g/mol. The molecule has 14 heavy (non-hydrogen) atoms. The molecule has 1 unspecified atom stereocenters. The summed E-state index contributed by atoms with van der Waals surface area (Å²) in [7, 11) is -1.50. The lowest BCUT2D eigenvalue weighted by Gasteiger charge is -2.21. The van der Waals surface area contributed by atoms with Crippen molar-refractivity contribution in [1.29, 1.82) is 0 Å². The van der Waals surface area contributed by atoms with E-state index in [1.807, 2.05) is 20.8 Å². The van der Waals surface area contributed by atoms with Gasteiger partial charge in [-0.05, 0) is 6.92 Å². The highest BCUT2D eigenvalue weighted by Gasteiger charge is 2.24. The number of nitrogens with one attached hydrogen (secondary N) is 1. The van der Waals surface area contributed by atoms with Crippen molar-refractivity contribution in [2.24, 2.45) is 0 Å². The Bertz CT molecular complexity index is 250. The number of hydrogen-bond acceptors (Lipinski definition) is 3. The van der Waals surface area contributed by atoms with Gasteiger partial charge in [-0.3, -0.25) is 0 Å². The van der Waals surface area contributed by atoms with E-state index in [0.717, 1.165) is 0 Å². The van der Waals surface area contributed by atoms with Gasteiger partial charge in [0.05, 0.1) is 5.25 Å². The second-order valence-electron chi connectivity index (χ2n) is 3.83. The molecule has 5 heteroatoms. The van der Waals surface area contributed by atoms with Crippen LogP contribution in [0.2, 0.25) is 0 Å². The van der Waals surface area contributed by atoms with E-state index in [-0.39, 0.29) is 5.25 Å². The van der Waals surface area contributed by atoms with Gasteiger partial charge in [-0.1, -0.05) is 20.8 Å². The van der Waals surface area contributed by atoms with Crippen molar-refractivity contribution < 1.29 is 8.42 Å². The van der Waals surface area contributed by atoms with Gasteiger partial charge in [0.1, 0.15) is 0 Å². The van der Waals surface area contributed by atoms with Gasteiger partial charge in [-0.2, -0.15) is 0 Å². The van der Waals surface area contributed by atoms with E-state index in [2.05, 4.69) is 5.32 Å². The third-order valence-electron chi connectivity index (χ3n) is 2.20. The molecule has 86 valence electrons. The number of sulfonamides is 1. The van der Waals surface area contributed by atoms with E-state index in [0.29, 0.717) is 19.1 Å². The summed E-state index contributed by atoms with van der Waals surface area (Å²) in [6.07, 6.45) is 0. The summed E-state index contributed by atoms with van der Waals surface area (Å²) < 4.78 is 24.9. The maximum absolute atomic E-state index is 11.8. The molecule has 0 aliphatic carbocycles. The van der Waals surface area contributed by atoms with E-state index in [4.69, 9.17) is 0 Å². The molecule has 0 aromatic carbocycles. The fraction of sp³-hybridized carbons (Fsp3) is 1.00. The summed E-state index contributed by atoms with van der Waals surface area (Å²) in [5, 5.41) is 2.76. The second kappa shape index (κ2) is 5.68. The third kappa shape index (κ3) is 3.94. The fourth-order valence-corrected chi connectivity index (χ4v) is 2.28. The summed E-state index contributed by atoms with van der Waals surface area (Å²) in [4.78, 5) is 0. The van der Waals surface area contributed by atoms with Crippen molar-refractivity contribution in [3.63, 3.8) is 0 Å². The van der Waals surface area contributed by atoms with E-state index in [1.54, 1.807) is 14.0 Å². The topological polar surface area (TPSA) is 49.4 Å². The zero-order chi connectivity index (χ0) is 11.4. The van der Waals surface area contributed by atoms with Crippen LogP contribution in [0.1, 0.15) is 27.7 Å². The Morgan fingerprint density at radius 1 is 1.29 bits per heavy atom. The Kier molecular flexibility index (Phi) is 5.63. The molecule has 0 saturated carbocycles. The van der Waals surface area contributed by atoms with Crippen LogP contribution in [0.5, 0.6) is 0 Å². The lowest BCUT2D eigenvalue weighted by Crippen LogP contribution is -2.41. The molecule has 0 aliphatic heterocycles. The molecule has 0 saturated heterocycles. The Morgan fingerprint density at radius 3 is 2.14 bits per heavy atom. The van der Waals surface area contributed by atoms with Crippen LogP contribution >= 0.6 is 0 Å². The van der Waals surface area contributed by atoms with Crippen LogP contribution in [0.15, 0.2) is 0 Å². The second-order valence-corrected chi connectivity index (χ2v) is 6.29. The predicted molar refractivity (Wildman–Crippen MR) is 59.8 cm³/mol. The molecule has 0 rings (SSSR count). The zero-order valence-corrected chi connectivity index (χ0v) is 10.6. The normalized spacial score (nSPS) is 15.1. The Hall–Kier alpha value is -0.130. The van der Waals surface area contributed by atoms with Gasteiger partial charge < -0.3 is 5.32 Å². The van der Waals surface area contributed by atoms with Crippen molar-refractivity contribution in [3.8, 4) is 0 Å². The summed E-state index contributed by atoms with van der Waals surface area (Å²) in [6, 6.07) is 0.319. The summed E-state index contributed by atoms with van der Waals surface area (Å²) in [6.45, 7) is 8.60. The molecular weight excluding hydrogens is 200 g/mol. The van der Waals surface area contributed by atoms with Crippen molar-refractivity contribution in [2.75, 3.05) is 20.1 Å². The summed E-state index contributed by atoms with van der Waals surface area (Å²) in [5.41, 5.74) is 0. The third-order valence-corrected chi connectivity index (χ3v) is 4.51. The highest BCUT2D eigenvalue weighted by atomic mass is 32.2. The average Bonchev–Trinajstić information content (AvgIpc) is 2.12. The van der Waals surface area contributed by atoms with E-state index < -0.39 is 10.0 Å². The van der Waals surface area contributed by atoms with Crippen LogP contribution in [0.25, 0.3) is 0 Å². The quantitative estimate of drug-likeness (QED) is 0.718. The number of nitrogens with zero attached hydrogens (tertiary/aromatic N) is 1. The molecule has 0 aliphatic rings. The summed E-state index contributed by atoms with van der Waals surface area (Å²) >= 11 is 0. The van der Waals surface area contributed by atoms with E-state index >= 15 is 0 Å². The lowest BCUT2D eigenvalue weighted by molar-refractivity contribution is 0.467. The van der Waals surface area contributed by atoms with Crippen LogP contribution in [-0.4, -0.2) is 44.2 Å². The molecule has 1 atom stereocenters. The van der Waals surface area contributed by atoms with Gasteiger partial charge in [0.25, 0.3) is 0 Å². The van der Waals surface area contributed by atoms with Crippen LogP contribution in [0, 0.1) is 0 Å². The van der Waals surface area contributed by atoms with Crippen LogP contribution < -0.4 is 5.32 Å². The van der Waals surface area contributed by atoms with Crippen molar-refractivity contribution in [2.45, 2.75) is 39.0 Å². The highest BCUT2D eigenvalue weighted by molar-refractivity contribution is 7.89. The molecule has 0 aromatic heterocycles. The maximum Gasteiger partial charge on any atom is 0.217 e. The van der Waals surface area contributed by atoms with Crippen molar-refractivity contribution in [1.82, 2.24) is 9.62 Å². The van der Waals surface area contributed by atoms with Gasteiger partial charge in [0.15, 0.2) is 0 Å². The maximum atomic E-state index is 11.8.